The SMILES string of the molecule is OC1CC2=C(C=CCC2)c2ccc3ccccc3c21. The van der Waals surface area contributed by atoms with E-state index in [1.54, 1.807) is 0 Å². The molecule has 0 fully saturated rings. The van der Waals surface area contributed by atoms with Gasteiger partial charge in [-0.25, -0.2) is 0 Å². The molecule has 0 spiro atoms. The zero-order chi connectivity index (χ0) is 12.8. The molecule has 2 aromatic carbocycles. The first-order valence-electron chi connectivity index (χ1n) is 6.93. The van der Waals surface area contributed by atoms with Crippen LogP contribution in [0.1, 0.15) is 36.5 Å². The third kappa shape index (κ3) is 1.58. The first-order valence-corrected chi connectivity index (χ1v) is 6.93. The van der Waals surface area contributed by atoms with Crippen molar-refractivity contribution in [2.75, 3.05) is 0 Å². The van der Waals surface area contributed by atoms with Crippen molar-refractivity contribution < 1.29 is 5.11 Å². The fraction of sp³-hybridized carbons (Fsp3) is 0.222. The highest BCUT2D eigenvalue weighted by atomic mass is 16.3. The molecular weight excluding hydrogens is 232 g/mol. The van der Waals surface area contributed by atoms with Gasteiger partial charge in [0.05, 0.1) is 6.10 Å². The maximum atomic E-state index is 10.5. The van der Waals surface area contributed by atoms with Crippen molar-refractivity contribution in [2.45, 2.75) is 25.4 Å². The molecule has 94 valence electrons. The molecule has 4 rings (SSSR count). The molecular formula is C18H16O. The Bertz CT molecular complexity index is 722. The first-order chi connectivity index (χ1) is 9.34. The molecule has 2 aliphatic rings. The number of rotatable bonds is 0. The van der Waals surface area contributed by atoms with E-state index in [1.165, 1.54) is 27.5 Å². The predicted octanol–water partition coefficient (Wildman–Crippen LogP) is 4.38. The van der Waals surface area contributed by atoms with Gasteiger partial charge in [-0.3, -0.25) is 0 Å². The average Bonchev–Trinajstić information content (AvgIpc) is 2.46. The van der Waals surface area contributed by atoms with Crippen LogP contribution in [-0.2, 0) is 0 Å². The highest BCUT2D eigenvalue weighted by Crippen LogP contribution is 2.44. The minimum Gasteiger partial charge on any atom is -0.388 e. The van der Waals surface area contributed by atoms with E-state index in [2.05, 4.69) is 48.6 Å². The van der Waals surface area contributed by atoms with Gasteiger partial charge in [-0.2, -0.15) is 0 Å². The van der Waals surface area contributed by atoms with Crippen molar-refractivity contribution in [2.24, 2.45) is 0 Å². The molecule has 1 atom stereocenters. The van der Waals surface area contributed by atoms with Gasteiger partial charge >= 0.3 is 0 Å². The third-order valence-electron chi connectivity index (χ3n) is 4.31. The number of aliphatic hydroxyl groups is 1. The van der Waals surface area contributed by atoms with Crippen molar-refractivity contribution >= 4 is 16.3 Å². The van der Waals surface area contributed by atoms with Crippen LogP contribution in [0.5, 0.6) is 0 Å². The minimum absolute atomic E-state index is 0.355. The molecule has 0 heterocycles. The second-order valence-electron chi connectivity index (χ2n) is 5.43. The lowest BCUT2D eigenvalue weighted by molar-refractivity contribution is 0.176. The second kappa shape index (κ2) is 4.07. The van der Waals surface area contributed by atoms with Gasteiger partial charge in [0.15, 0.2) is 0 Å². The van der Waals surface area contributed by atoms with Gasteiger partial charge in [0.1, 0.15) is 0 Å². The van der Waals surface area contributed by atoms with Crippen molar-refractivity contribution in [3.8, 4) is 0 Å². The number of aliphatic hydroxyl groups excluding tert-OH is 1. The van der Waals surface area contributed by atoms with E-state index in [-0.39, 0.29) is 6.10 Å². The number of benzene rings is 2. The van der Waals surface area contributed by atoms with Gasteiger partial charge < -0.3 is 5.11 Å². The summed E-state index contributed by atoms with van der Waals surface area (Å²) in [5, 5.41) is 12.9. The summed E-state index contributed by atoms with van der Waals surface area (Å²) in [6, 6.07) is 12.7. The Kier molecular flexibility index (Phi) is 2.36. The Balaban J connectivity index is 2.06. The Morgan fingerprint density at radius 3 is 2.89 bits per heavy atom. The van der Waals surface area contributed by atoms with Crippen LogP contribution in [0.4, 0.5) is 0 Å². The molecule has 0 aliphatic heterocycles. The number of hydrogen-bond acceptors (Lipinski definition) is 1. The Morgan fingerprint density at radius 2 is 1.95 bits per heavy atom. The molecule has 0 bridgehead atoms. The lowest BCUT2D eigenvalue weighted by Crippen LogP contribution is -2.12. The zero-order valence-electron chi connectivity index (χ0n) is 10.8. The monoisotopic (exact) mass is 248 g/mol. The van der Waals surface area contributed by atoms with E-state index in [0.717, 1.165) is 24.8 Å². The third-order valence-corrected chi connectivity index (χ3v) is 4.31. The van der Waals surface area contributed by atoms with E-state index >= 15 is 0 Å². The minimum atomic E-state index is -0.355. The summed E-state index contributed by atoms with van der Waals surface area (Å²) in [6.45, 7) is 0. The molecule has 0 amide bonds. The van der Waals surface area contributed by atoms with Crippen LogP contribution in [0.3, 0.4) is 0 Å². The van der Waals surface area contributed by atoms with Crippen LogP contribution >= 0.6 is 0 Å². The number of allylic oxidation sites excluding steroid dienone is 3. The predicted molar refractivity (Wildman–Crippen MR) is 78.8 cm³/mol. The summed E-state index contributed by atoms with van der Waals surface area (Å²) >= 11 is 0. The number of hydrogen-bond donors (Lipinski definition) is 1. The molecule has 0 aromatic heterocycles. The summed E-state index contributed by atoms with van der Waals surface area (Å²) in [4.78, 5) is 0. The molecule has 0 radical (unpaired) electrons. The zero-order valence-corrected chi connectivity index (χ0v) is 10.8. The smallest absolute Gasteiger partial charge is 0.0839 e. The van der Waals surface area contributed by atoms with E-state index in [9.17, 15) is 5.11 Å². The molecule has 1 heteroatoms. The molecule has 2 aromatic rings. The molecule has 19 heavy (non-hydrogen) atoms. The van der Waals surface area contributed by atoms with Crippen molar-refractivity contribution in [1.82, 2.24) is 0 Å². The largest absolute Gasteiger partial charge is 0.388 e. The molecule has 1 unspecified atom stereocenters. The summed E-state index contributed by atoms with van der Waals surface area (Å²) in [5.41, 5.74) is 5.10. The van der Waals surface area contributed by atoms with Gasteiger partial charge in [0, 0.05) is 0 Å². The van der Waals surface area contributed by atoms with Gasteiger partial charge in [0.2, 0.25) is 0 Å². The van der Waals surface area contributed by atoms with Gasteiger partial charge in [-0.05, 0) is 46.7 Å². The summed E-state index contributed by atoms with van der Waals surface area (Å²) in [6.07, 6.45) is 7.12. The van der Waals surface area contributed by atoms with Crippen molar-refractivity contribution in [3.63, 3.8) is 0 Å². The van der Waals surface area contributed by atoms with Crippen molar-refractivity contribution in [3.05, 3.63) is 65.3 Å². The topological polar surface area (TPSA) is 20.2 Å². The standard InChI is InChI=1S/C18H16O/c19-17-11-13-6-2-3-7-14(13)16-10-9-12-5-1-4-8-15(12)18(16)17/h1,3-5,7-10,17,19H,2,6,11H2. The lowest BCUT2D eigenvalue weighted by Gasteiger charge is -2.29. The fourth-order valence-electron chi connectivity index (χ4n) is 3.43. The molecule has 0 saturated heterocycles. The summed E-state index contributed by atoms with van der Waals surface area (Å²) in [7, 11) is 0. The van der Waals surface area contributed by atoms with Gasteiger partial charge in [0.25, 0.3) is 0 Å². The Hall–Kier alpha value is -1.86. The molecule has 0 saturated carbocycles. The van der Waals surface area contributed by atoms with Crippen LogP contribution in [0.2, 0.25) is 0 Å². The maximum Gasteiger partial charge on any atom is 0.0839 e. The average molecular weight is 248 g/mol. The number of fused-ring (bicyclic) bond motifs is 4. The highest BCUT2D eigenvalue weighted by Gasteiger charge is 2.26. The first kappa shape index (κ1) is 11.0. The van der Waals surface area contributed by atoms with E-state index in [1.807, 2.05) is 0 Å². The summed E-state index contributed by atoms with van der Waals surface area (Å²) < 4.78 is 0. The van der Waals surface area contributed by atoms with Crippen LogP contribution in [-0.4, -0.2) is 5.11 Å². The van der Waals surface area contributed by atoms with Crippen LogP contribution in [0.15, 0.2) is 54.1 Å². The fourth-order valence-corrected chi connectivity index (χ4v) is 3.43. The van der Waals surface area contributed by atoms with Crippen LogP contribution in [0.25, 0.3) is 16.3 Å². The molecule has 2 aliphatic carbocycles. The van der Waals surface area contributed by atoms with Crippen molar-refractivity contribution in [1.29, 1.82) is 0 Å². The Morgan fingerprint density at radius 1 is 1.05 bits per heavy atom. The van der Waals surface area contributed by atoms with E-state index in [0.29, 0.717) is 0 Å². The molecule has 1 N–H and O–H groups in total. The van der Waals surface area contributed by atoms with Crippen LogP contribution in [0, 0.1) is 0 Å². The summed E-state index contributed by atoms with van der Waals surface area (Å²) in [5.74, 6) is 0. The second-order valence-corrected chi connectivity index (χ2v) is 5.43. The molecule has 1 nitrogen and oxygen atoms in total. The lowest BCUT2D eigenvalue weighted by atomic mass is 9.78. The van der Waals surface area contributed by atoms with Gasteiger partial charge in [-0.1, -0.05) is 54.1 Å². The van der Waals surface area contributed by atoms with Crippen LogP contribution < -0.4 is 0 Å². The van der Waals surface area contributed by atoms with E-state index in [4.69, 9.17) is 0 Å². The normalized spacial score (nSPS) is 21.4. The Labute approximate surface area is 112 Å². The maximum absolute atomic E-state index is 10.5. The highest BCUT2D eigenvalue weighted by molar-refractivity contribution is 5.94. The quantitative estimate of drug-likeness (QED) is 0.733. The van der Waals surface area contributed by atoms with E-state index < -0.39 is 0 Å². The van der Waals surface area contributed by atoms with Gasteiger partial charge in [-0.15, -0.1) is 0 Å².